The molecule has 15 heavy (non-hydrogen) atoms. The summed E-state index contributed by atoms with van der Waals surface area (Å²) in [5.74, 6) is 0. The van der Waals surface area contributed by atoms with E-state index in [1.54, 1.807) is 22.3 Å². The second-order valence-corrected chi connectivity index (χ2v) is 3.78. The Morgan fingerprint density at radius 2 is 1.93 bits per heavy atom. The Balaban J connectivity index is 3.63. The lowest BCUT2D eigenvalue weighted by Crippen LogP contribution is -2.24. The van der Waals surface area contributed by atoms with Gasteiger partial charge in [-0.25, -0.2) is 4.79 Å². The zero-order valence-electron chi connectivity index (χ0n) is 9.82. The van der Waals surface area contributed by atoms with Crippen molar-refractivity contribution in [3.63, 3.8) is 0 Å². The molecule has 1 aromatic heterocycles. The van der Waals surface area contributed by atoms with Gasteiger partial charge in [0.05, 0.1) is 11.4 Å². The fourth-order valence-corrected chi connectivity index (χ4v) is 1.73. The summed E-state index contributed by atoms with van der Waals surface area (Å²) < 4.78 is 3.40. The van der Waals surface area contributed by atoms with Crippen LogP contribution in [0.25, 0.3) is 12.2 Å². The lowest BCUT2D eigenvalue weighted by molar-refractivity contribution is 0.564. The van der Waals surface area contributed by atoms with Crippen molar-refractivity contribution < 1.29 is 0 Å². The van der Waals surface area contributed by atoms with Gasteiger partial charge in [-0.2, -0.15) is 0 Å². The van der Waals surface area contributed by atoms with Crippen molar-refractivity contribution in [2.45, 2.75) is 26.8 Å². The molecule has 1 heterocycles. The molecular formula is C12H18N2O. The van der Waals surface area contributed by atoms with E-state index in [1.807, 2.05) is 32.9 Å². The Hall–Kier alpha value is -1.51. The van der Waals surface area contributed by atoms with E-state index in [1.165, 1.54) is 0 Å². The standard InChI is InChI=1S/C12H18N2O/c1-6-8-11-10(7-2)13(5)12(15)14(11)9(3)4/h6-9H,2H2,1,3-5H3/b8-6-. The molecule has 0 aliphatic rings. The van der Waals surface area contributed by atoms with Crippen LogP contribution >= 0.6 is 0 Å². The fraction of sp³-hybridized carbons (Fsp3) is 0.417. The number of nitrogens with zero attached hydrogens (tertiary/aromatic N) is 2. The van der Waals surface area contributed by atoms with Gasteiger partial charge in [0.15, 0.2) is 0 Å². The zero-order chi connectivity index (χ0) is 11.6. The minimum absolute atomic E-state index is 0.00741. The lowest BCUT2D eigenvalue weighted by atomic mass is 10.2. The third-order valence-corrected chi connectivity index (χ3v) is 2.41. The van der Waals surface area contributed by atoms with Crippen LogP contribution in [0, 0.1) is 0 Å². The molecule has 82 valence electrons. The lowest BCUT2D eigenvalue weighted by Gasteiger charge is -2.08. The van der Waals surface area contributed by atoms with Crippen LogP contribution in [0.5, 0.6) is 0 Å². The fourth-order valence-electron chi connectivity index (χ4n) is 1.73. The summed E-state index contributed by atoms with van der Waals surface area (Å²) in [5, 5.41) is 0. The van der Waals surface area contributed by atoms with Crippen molar-refractivity contribution >= 4 is 12.2 Å². The van der Waals surface area contributed by atoms with Crippen molar-refractivity contribution in [1.82, 2.24) is 9.13 Å². The molecule has 0 saturated heterocycles. The van der Waals surface area contributed by atoms with Crippen molar-refractivity contribution in [1.29, 1.82) is 0 Å². The first-order chi connectivity index (χ1) is 7.04. The van der Waals surface area contributed by atoms with E-state index in [0.29, 0.717) is 0 Å². The Kier molecular flexibility index (Phi) is 3.35. The Morgan fingerprint density at radius 1 is 1.33 bits per heavy atom. The summed E-state index contributed by atoms with van der Waals surface area (Å²) in [5.41, 5.74) is 1.80. The summed E-state index contributed by atoms with van der Waals surface area (Å²) in [6.07, 6.45) is 5.59. The highest BCUT2D eigenvalue weighted by Gasteiger charge is 2.14. The van der Waals surface area contributed by atoms with E-state index in [4.69, 9.17) is 0 Å². The van der Waals surface area contributed by atoms with Crippen LogP contribution in [-0.4, -0.2) is 9.13 Å². The number of rotatable bonds is 3. The molecule has 0 unspecified atom stereocenters. The van der Waals surface area contributed by atoms with Gasteiger partial charge in [-0.05, 0) is 32.9 Å². The van der Waals surface area contributed by atoms with E-state index in [-0.39, 0.29) is 11.7 Å². The van der Waals surface area contributed by atoms with Crippen molar-refractivity contribution in [3.8, 4) is 0 Å². The maximum atomic E-state index is 11.9. The molecule has 0 N–H and O–H groups in total. The van der Waals surface area contributed by atoms with Gasteiger partial charge in [0.25, 0.3) is 0 Å². The van der Waals surface area contributed by atoms with Gasteiger partial charge in [0.1, 0.15) is 0 Å². The Bertz CT molecular complexity index is 447. The molecule has 0 aliphatic carbocycles. The van der Waals surface area contributed by atoms with Gasteiger partial charge in [0.2, 0.25) is 0 Å². The molecule has 3 heteroatoms. The first kappa shape index (κ1) is 11.6. The average Bonchev–Trinajstić information content (AvgIpc) is 2.40. The number of allylic oxidation sites excluding steroid dienone is 1. The molecule has 1 rings (SSSR count). The van der Waals surface area contributed by atoms with Gasteiger partial charge >= 0.3 is 5.69 Å². The van der Waals surface area contributed by atoms with Crippen LogP contribution in [0.1, 0.15) is 38.2 Å². The van der Waals surface area contributed by atoms with Gasteiger partial charge in [0, 0.05) is 13.1 Å². The molecule has 3 nitrogen and oxygen atoms in total. The third kappa shape index (κ3) is 1.82. The van der Waals surface area contributed by atoms with E-state index in [2.05, 4.69) is 6.58 Å². The maximum Gasteiger partial charge on any atom is 0.329 e. The summed E-state index contributed by atoms with van der Waals surface area (Å²) in [6.45, 7) is 9.68. The Morgan fingerprint density at radius 3 is 2.33 bits per heavy atom. The first-order valence-electron chi connectivity index (χ1n) is 5.10. The quantitative estimate of drug-likeness (QED) is 0.746. The average molecular weight is 206 g/mol. The molecule has 0 spiro atoms. The minimum Gasteiger partial charge on any atom is -0.295 e. The van der Waals surface area contributed by atoms with Gasteiger partial charge < -0.3 is 0 Å². The molecule has 0 aliphatic heterocycles. The van der Waals surface area contributed by atoms with Crippen LogP contribution in [0.15, 0.2) is 17.4 Å². The number of hydrogen-bond donors (Lipinski definition) is 0. The zero-order valence-corrected chi connectivity index (χ0v) is 9.82. The van der Waals surface area contributed by atoms with Crippen molar-refractivity contribution in [2.75, 3.05) is 0 Å². The highest BCUT2D eigenvalue weighted by molar-refractivity contribution is 5.59. The van der Waals surface area contributed by atoms with E-state index in [0.717, 1.165) is 11.4 Å². The van der Waals surface area contributed by atoms with E-state index < -0.39 is 0 Å². The van der Waals surface area contributed by atoms with E-state index in [9.17, 15) is 4.79 Å². The second kappa shape index (κ2) is 4.34. The summed E-state index contributed by atoms with van der Waals surface area (Å²) in [4.78, 5) is 11.9. The molecule has 0 amide bonds. The molecule has 0 atom stereocenters. The highest BCUT2D eigenvalue weighted by Crippen LogP contribution is 2.15. The summed E-state index contributed by atoms with van der Waals surface area (Å²) in [7, 11) is 1.77. The largest absolute Gasteiger partial charge is 0.329 e. The van der Waals surface area contributed by atoms with Crippen LogP contribution in [-0.2, 0) is 7.05 Å². The highest BCUT2D eigenvalue weighted by atomic mass is 16.1. The smallest absolute Gasteiger partial charge is 0.295 e. The molecule has 0 fully saturated rings. The van der Waals surface area contributed by atoms with Gasteiger partial charge in [-0.3, -0.25) is 9.13 Å². The maximum absolute atomic E-state index is 11.9. The molecular weight excluding hydrogens is 188 g/mol. The predicted octanol–water partition coefficient (Wildman–Crippen LogP) is 2.44. The molecule has 0 radical (unpaired) electrons. The van der Waals surface area contributed by atoms with Crippen molar-refractivity contribution in [2.24, 2.45) is 7.05 Å². The van der Waals surface area contributed by atoms with E-state index >= 15 is 0 Å². The third-order valence-electron chi connectivity index (χ3n) is 2.41. The monoisotopic (exact) mass is 206 g/mol. The predicted molar refractivity (Wildman–Crippen MR) is 64.9 cm³/mol. The minimum atomic E-state index is 0.00741. The summed E-state index contributed by atoms with van der Waals surface area (Å²) >= 11 is 0. The van der Waals surface area contributed by atoms with Gasteiger partial charge in [-0.15, -0.1) is 0 Å². The molecule has 1 aromatic rings. The number of aromatic nitrogens is 2. The molecule has 0 bridgehead atoms. The SMILES string of the molecule is C=Cc1c(/C=C\C)n(C(C)C)c(=O)n1C. The number of hydrogen-bond acceptors (Lipinski definition) is 1. The normalized spacial score (nSPS) is 11.5. The Labute approximate surface area is 90.3 Å². The van der Waals surface area contributed by atoms with Crippen LogP contribution in [0.3, 0.4) is 0 Å². The molecule has 0 saturated carbocycles. The molecule has 0 aromatic carbocycles. The van der Waals surface area contributed by atoms with Gasteiger partial charge in [-0.1, -0.05) is 12.7 Å². The summed E-state index contributed by atoms with van der Waals surface area (Å²) in [6, 6.07) is 0.156. The topological polar surface area (TPSA) is 26.9 Å². The van der Waals surface area contributed by atoms with Crippen LogP contribution in [0.4, 0.5) is 0 Å². The van der Waals surface area contributed by atoms with Crippen molar-refractivity contribution in [3.05, 3.63) is 34.5 Å². The first-order valence-corrected chi connectivity index (χ1v) is 5.10. The van der Waals surface area contributed by atoms with Crippen LogP contribution < -0.4 is 5.69 Å². The van der Waals surface area contributed by atoms with Crippen LogP contribution in [0.2, 0.25) is 0 Å². The number of imidazole rings is 1. The second-order valence-electron chi connectivity index (χ2n) is 3.78.